The Bertz CT molecular complexity index is 793. The Labute approximate surface area is 176 Å². The van der Waals surface area contributed by atoms with Crippen LogP contribution >= 0.6 is 0 Å². The number of likely N-dealkylation sites (tertiary alicyclic amines) is 1. The van der Waals surface area contributed by atoms with Crippen molar-refractivity contribution < 1.29 is 9.47 Å². The molecule has 3 aliphatic rings. The molecule has 4 heteroatoms. The lowest BCUT2D eigenvalue weighted by Crippen LogP contribution is -2.38. The molecule has 29 heavy (non-hydrogen) atoms. The maximum atomic E-state index is 6.40. The second-order valence-electron chi connectivity index (χ2n) is 11.2. The van der Waals surface area contributed by atoms with Crippen molar-refractivity contribution in [3.05, 3.63) is 35.4 Å². The molecule has 0 saturated carbocycles. The Kier molecular flexibility index (Phi) is 5.12. The Morgan fingerprint density at radius 2 is 1.76 bits per heavy atom. The van der Waals surface area contributed by atoms with Crippen molar-refractivity contribution in [2.75, 3.05) is 25.4 Å². The summed E-state index contributed by atoms with van der Waals surface area (Å²) in [7, 11) is 0. The van der Waals surface area contributed by atoms with Crippen LogP contribution in [-0.2, 0) is 14.9 Å². The SMILES string of the molecule is CC1(C)CC=C(c2cc(C(C)(C)CN3CC4OC(C)(C)OC4C3)ccc2N)CC1. The van der Waals surface area contributed by atoms with Gasteiger partial charge in [-0.2, -0.15) is 0 Å². The zero-order valence-corrected chi connectivity index (χ0v) is 19.0. The molecule has 2 aliphatic heterocycles. The minimum atomic E-state index is -0.439. The first-order valence-corrected chi connectivity index (χ1v) is 11.1. The minimum Gasteiger partial charge on any atom is -0.398 e. The highest BCUT2D eigenvalue weighted by Gasteiger charge is 2.47. The van der Waals surface area contributed by atoms with Gasteiger partial charge in [-0.3, -0.25) is 4.90 Å². The average Bonchev–Trinajstić information content (AvgIpc) is 3.07. The molecular formula is C25H38N2O2. The van der Waals surface area contributed by atoms with Gasteiger partial charge in [0.1, 0.15) is 12.2 Å². The predicted octanol–water partition coefficient (Wildman–Crippen LogP) is 4.98. The second kappa shape index (κ2) is 7.11. The van der Waals surface area contributed by atoms with Gasteiger partial charge in [-0.05, 0) is 61.8 Å². The van der Waals surface area contributed by atoms with Gasteiger partial charge in [0, 0.05) is 36.3 Å². The number of fused-ring (bicyclic) bond motifs is 1. The van der Waals surface area contributed by atoms with Crippen molar-refractivity contribution in [2.45, 2.75) is 84.2 Å². The topological polar surface area (TPSA) is 47.7 Å². The quantitative estimate of drug-likeness (QED) is 0.727. The highest BCUT2D eigenvalue weighted by molar-refractivity contribution is 5.76. The fourth-order valence-electron chi connectivity index (χ4n) is 5.16. The number of ether oxygens (including phenoxy) is 2. The Hall–Kier alpha value is -1.36. The predicted molar refractivity (Wildman–Crippen MR) is 120 cm³/mol. The van der Waals surface area contributed by atoms with Crippen LogP contribution in [0.25, 0.3) is 5.57 Å². The van der Waals surface area contributed by atoms with Crippen LogP contribution in [-0.4, -0.2) is 42.5 Å². The van der Waals surface area contributed by atoms with Gasteiger partial charge in [-0.1, -0.05) is 39.8 Å². The fraction of sp³-hybridized carbons (Fsp3) is 0.680. The van der Waals surface area contributed by atoms with Crippen molar-refractivity contribution >= 4 is 11.3 Å². The zero-order chi connectivity index (χ0) is 21.0. The first-order valence-electron chi connectivity index (χ1n) is 11.1. The molecule has 2 unspecified atom stereocenters. The molecule has 2 atom stereocenters. The van der Waals surface area contributed by atoms with Gasteiger partial charge in [0.2, 0.25) is 0 Å². The van der Waals surface area contributed by atoms with E-state index in [2.05, 4.69) is 56.9 Å². The monoisotopic (exact) mass is 398 g/mol. The number of rotatable bonds is 4. The van der Waals surface area contributed by atoms with E-state index in [1.54, 1.807) is 0 Å². The van der Waals surface area contributed by atoms with Crippen molar-refractivity contribution in [3.63, 3.8) is 0 Å². The molecule has 2 N–H and O–H groups in total. The summed E-state index contributed by atoms with van der Waals surface area (Å²) >= 11 is 0. The molecule has 0 radical (unpaired) electrons. The molecule has 0 spiro atoms. The molecule has 2 saturated heterocycles. The summed E-state index contributed by atoms with van der Waals surface area (Å²) in [5, 5.41) is 0. The van der Waals surface area contributed by atoms with Gasteiger partial charge in [-0.25, -0.2) is 0 Å². The Morgan fingerprint density at radius 3 is 2.34 bits per heavy atom. The van der Waals surface area contributed by atoms with Crippen LogP contribution in [0.3, 0.4) is 0 Å². The third-order valence-corrected chi connectivity index (χ3v) is 6.93. The summed E-state index contributed by atoms with van der Waals surface area (Å²) in [5.74, 6) is -0.439. The second-order valence-corrected chi connectivity index (χ2v) is 11.2. The number of nitrogens with two attached hydrogens (primary N) is 1. The van der Waals surface area contributed by atoms with Crippen LogP contribution in [0.15, 0.2) is 24.3 Å². The molecule has 0 amide bonds. The third kappa shape index (κ3) is 4.40. The fourth-order valence-corrected chi connectivity index (χ4v) is 5.16. The molecule has 1 aliphatic carbocycles. The molecule has 0 aromatic heterocycles. The van der Waals surface area contributed by atoms with Gasteiger partial charge in [0.15, 0.2) is 5.79 Å². The molecule has 2 fully saturated rings. The van der Waals surface area contributed by atoms with Crippen molar-refractivity contribution in [3.8, 4) is 0 Å². The highest BCUT2D eigenvalue weighted by Crippen LogP contribution is 2.41. The van der Waals surface area contributed by atoms with Crippen LogP contribution in [0.4, 0.5) is 5.69 Å². The number of nitrogen functional groups attached to an aromatic ring is 1. The average molecular weight is 399 g/mol. The van der Waals surface area contributed by atoms with E-state index < -0.39 is 5.79 Å². The smallest absolute Gasteiger partial charge is 0.163 e. The Balaban J connectivity index is 1.49. The van der Waals surface area contributed by atoms with Crippen LogP contribution in [0.2, 0.25) is 0 Å². The van der Waals surface area contributed by atoms with E-state index >= 15 is 0 Å². The maximum Gasteiger partial charge on any atom is 0.163 e. The van der Waals surface area contributed by atoms with Gasteiger partial charge in [-0.15, -0.1) is 0 Å². The van der Waals surface area contributed by atoms with E-state index in [0.29, 0.717) is 5.41 Å². The molecule has 2 heterocycles. The van der Waals surface area contributed by atoms with Gasteiger partial charge < -0.3 is 15.2 Å². The summed E-state index contributed by atoms with van der Waals surface area (Å²) in [6, 6.07) is 6.64. The molecule has 160 valence electrons. The van der Waals surface area contributed by atoms with E-state index in [9.17, 15) is 0 Å². The van der Waals surface area contributed by atoms with E-state index in [-0.39, 0.29) is 17.6 Å². The lowest BCUT2D eigenvalue weighted by molar-refractivity contribution is -0.155. The maximum absolute atomic E-state index is 6.40. The number of hydrogen-bond acceptors (Lipinski definition) is 4. The molecule has 0 bridgehead atoms. The summed E-state index contributed by atoms with van der Waals surface area (Å²) in [4.78, 5) is 2.49. The molecular weight excluding hydrogens is 360 g/mol. The molecule has 1 aromatic rings. The first kappa shape index (κ1) is 20.9. The van der Waals surface area contributed by atoms with Crippen LogP contribution < -0.4 is 5.73 Å². The number of anilines is 1. The summed E-state index contributed by atoms with van der Waals surface area (Å²) in [6.45, 7) is 16.3. The van der Waals surface area contributed by atoms with E-state index in [4.69, 9.17) is 15.2 Å². The van der Waals surface area contributed by atoms with Gasteiger partial charge >= 0.3 is 0 Å². The van der Waals surface area contributed by atoms with Crippen LogP contribution in [0, 0.1) is 5.41 Å². The van der Waals surface area contributed by atoms with E-state index in [1.165, 1.54) is 23.1 Å². The zero-order valence-electron chi connectivity index (χ0n) is 19.0. The highest BCUT2D eigenvalue weighted by atomic mass is 16.8. The lowest BCUT2D eigenvalue weighted by Gasteiger charge is -2.33. The van der Waals surface area contributed by atoms with Gasteiger partial charge in [0.05, 0.1) is 0 Å². The summed E-state index contributed by atoms with van der Waals surface area (Å²) in [6.07, 6.45) is 6.25. The summed E-state index contributed by atoms with van der Waals surface area (Å²) in [5.41, 5.74) is 11.7. The van der Waals surface area contributed by atoms with Crippen molar-refractivity contribution in [1.29, 1.82) is 0 Å². The van der Waals surface area contributed by atoms with Crippen molar-refractivity contribution in [2.24, 2.45) is 5.41 Å². The normalized spacial score (nSPS) is 29.0. The molecule has 4 nitrogen and oxygen atoms in total. The largest absolute Gasteiger partial charge is 0.398 e. The number of allylic oxidation sites excluding steroid dienone is 2. The van der Waals surface area contributed by atoms with Crippen LogP contribution in [0.5, 0.6) is 0 Å². The molecule has 4 rings (SSSR count). The summed E-state index contributed by atoms with van der Waals surface area (Å²) < 4.78 is 12.1. The van der Waals surface area contributed by atoms with Crippen LogP contribution in [0.1, 0.15) is 71.9 Å². The van der Waals surface area contributed by atoms with E-state index in [1.807, 2.05) is 13.8 Å². The Morgan fingerprint density at radius 1 is 1.10 bits per heavy atom. The molecule has 1 aromatic carbocycles. The number of benzene rings is 1. The first-order chi connectivity index (χ1) is 13.4. The minimum absolute atomic E-state index is 0.0328. The number of hydrogen-bond donors (Lipinski definition) is 1. The lowest BCUT2D eigenvalue weighted by atomic mass is 9.76. The third-order valence-electron chi connectivity index (χ3n) is 6.93. The standard InChI is InChI=1S/C25H38N2O2/c1-23(2)11-9-17(10-12-23)19-13-18(7-8-20(19)26)24(3,4)16-27-14-21-22(15-27)29-25(5,6)28-21/h7-9,13,21-22H,10-12,14-16,26H2,1-6H3. The van der Waals surface area contributed by atoms with Gasteiger partial charge in [0.25, 0.3) is 0 Å². The van der Waals surface area contributed by atoms with Crippen molar-refractivity contribution in [1.82, 2.24) is 4.90 Å². The van der Waals surface area contributed by atoms with E-state index in [0.717, 1.165) is 38.2 Å². The number of nitrogens with zero attached hydrogens (tertiary/aromatic N) is 1.